The molecule has 0 heterocycles. The van der Waals surface area contributed by atoms with E-state index in [2.05, 4.69) is 0 Å². The number of nitro groups is 1. The average molecular weight is 278 g/mol. The minimum atomic E-state index is -0.491. The van der Waals surface area contributed by atoms with Gasteiger partial charge in [-0.3, -0.25) is 10.1 Å². The van der Waals surface area contributed by atoms with Gasteiger partial charge in [0, 0.05) is 15.7 Å². The number of hydrogen-bond donors (Lipinski definition) is 1. The number of hydrogen-bond acceptors (Lipinski definition) is 3. The summed E-state index contributed by atoms with van der Waals surface area (Å²) in [6, 6.07) is 4.39. The van der Waals surface area contributed by atoms with E-state index in [0.29, 0.717) is 5.56 Å². The topological polar surface area (TPSA) is 63.4 Å². The first-order chi connectivity index (χ1) is 5.63. The van der Waals surface area contributed by atoms with E-state index < -0.39 is 4.92 Å². The summed E-state index contributed by atoms with van der Waals surface area (Å²) < 4.78 is 0.724. The van der Waals surface area contributed by atoms with Crippen LogP contribution in [0.3, 0.4) is 0 Å². The summed E-state index contributed by atoms with van der Waals surface area (Å²) in [6.45, 7) is 0.842. The molecule has 0 aliphatic carbocycles. The van der Waals surface area contributed by atoms with Gasteiger partial charge in [-0.2, -0.15) is 0 Å². The Labute approximate surface area is 82.5 Å². The number of rotatable bonds is 2. The first kappa shape index (κ1) is 9.40. The summed E-state index contributed by atoms with van der Waals surface area (Å²) in [5.74, 6) is 0. The Morgan fingerprint density at radius 2 is 2.17 bits per heavy atom. The first-order valence-electron chi connectivity index (χ1n) is 3.06. The summed E-state index contributed by atoms with van der Waals surface area (Å²) in [4.78, 5) is 9.84. The largest absolute Gasteiger partial charge is 0.385 e. The van der Waals surface area contributed by atoms with Crippen molar-refractivity contribution in [2.24, 2.45) is 0 Å². The molecule has 1 aromatic rings. The van der Waals surface area contributed by atoms with E-state index in [4.69, 9.17) is 5.11 Å². The van der Waals surface area contributed by atoms with Gasteiger partial charge in [0.15, 0.2) is 0 Å². The van der Waals surface area contributed by atoms with Crippen LogP contribution in [-0.2, 0) is 0 Å². The maximum Gasteiger partial charge on any atom is 0.270 e. The predicted molar refractivity (Wildman–Crippen MR) is 51.2 cm³/mol. The molecule has 1 rings (SSSR count). The van der Waals surface area contributed by atoms with Gasteiger partial charge in [0.05, 0.1) is 4.92 Å². The highest BCUT2D eigenvalue weighted by atomic mass is 127. The van der Waals surface area contributed by atoms with E-state index in [0.717, 1.165) is 10.2 Å². The zero-order chi connectivity index (χ0) is 9.14. The van der Waals surface area contributed by atoms with Crippen molar-refractivity contribution in [3.05, 3.63) is 44.1 Å². The Bertz CT molecular complexity index is 314. The summed E-state index contributed by atoms with van der Waals surface area (Å²) in [7, 11) is 0. The summed E-state index contributed by atoms with van der Waals surface area (Å²) in [5.41, 5.74) is 0.427. The molecule has 0 aromatic heterocycles. The molecular weight excluding hydrogens is 273 g/mol. The minimum absolute atomic E-state index is 0.0119. The smallest absolute Gasteiger partial charge is 0.270 e. The monoisotopic (exact) mass is 278 g/mol. The molecule has 0 saturated heterocycles. The van der Waals surface area contributed by atoms with Crippen molar-refractivity contribution < 1.29 is 10.0 Å². The fourth-order valence-corrected chi connectivity index (χ4v) is 1.45. The molecule has 5 heteroatoms. The molecule has 0 unspecified atom stereocenters. The third kappa shape index (κ3) is 2.15. The lowest BCUT2D eigenvalue weighted by Gasteiger charge is -1.96. The lowest BCUT2D eigenvalue weighted by Crippen LogP contribution is -1.91. The molecule has 0 fully saturated rings. The van der Waals surface area contributed by atoms with Crippen LogP contribution < -0.4 is 0 Å². The van der Waals surface area contributed by atoms with Gasteiger partial charge in [-0.1, -0.05) is 0 Å². The lowest BCUT2D eigenvalue weighted by atomic mass is 10.2. The molecular formula is C7H5INO3. The summed E-state index contributed by atoms with van der Waals surface area (Å²) >= 11 is 1.95. The van der Waals surface area contributed by atoms with Crippen LogP contribution in [0.15, 0.2) is 18.2 Å². The van der Waals surface area contributed by atoms with Gasteiger partial charge >= 0.3 is 0 Å². The molecule has 1 radical (unpaired) electrons. The second kappa shape index (κ2) is 3.81. The number of aliphatic hydroxyl groups is 1. The van der Waals surface area contributed by atoms with E-state index in [1.165, 1.54) is 12.1 Å². The molecule has 0 atom stereocenters. The maximum atomic E-state index is 10.3. The van der Waals surface area contributed by atoms with E-state index in [-0.39, 0.29) is 5.69 Å². The fraction of sp³-hybridized carbons (Fsp3) is 0. The summed E-state index contributed by atoms with van der Waals surface area (Å²) in [5, 5.41) is 18.9. The molecule has 1 N–H and O–H groups in total. The van der Waals surface area contributed by atoms with Gasteiger partial charge in [0.1, 0.15) is 6.61 Å². The average Bonchev–Trinajstić information content (AvgIpc) is 2.03. The number of halogens is 1. The molecule has 1 aromatic carbocycles. The zero-order valence-electron chi connectivity index (χ0n) is 5.90. The van der Waals surface area contributed by atoms with Crippen LogP contribution in [0.4, 0.5) is 5.69 Å². The lowest BCUT2D eigenvalue weighted by molar-refractivity contribution is -0.385. The SMILES string of the molecule is O=[N+]([O-])c1cc(I)cc([CH]O)c1. The Hall–Kier alpha value is -0.690. The van der Waals surface area contributed by atoms with Crippen LogP contribution >= 0.6 is 22.6 Å². The quantitative estimate of drug-likeness (QED) is 0.511. The van der Waals surface area contributed by atoms with Gasteiger partial charge in [-0.05, 0) is 34.2 Å². The van der Waals surface area contributed by atoms with Crippen LogP contribution in [-0.4, -0.2) is 10.0 Å². The van der Waals surface area contributed by atoms with E-state index in [1.807, 2.05) is 22.6 Å². The zero-order valence-corrected chi connectivity index (χ0v) is 8.06. The van der Waals surface area contributed by atoms with E-state index >= 15 is 0 Å². The Morgan fingerprint density at radius 3 is 2.67 bits per heavy atom. The maximum absolute atomic E-state index is 10.3. The van der Waals surface area contributed by atoms with Crippen LogP contribution in [0.1, 0.15) is 5.56 Å². The first-order valence-corrected chi connectivity index (χ1v) is 4.14. The molecule has 0 saturated carbocycles. The number of aliphatic hydroxyl groups excluding tert-OH is 1. The highest BCUT2D eigenvalue weighted by molar-refractivity contribution is 14.1. The van der Waals surface area contributed by atoms with Crippen molar-refractivity contribution in [2.75, 3.05) is 0 Å². The van der Waals surface area contributed by atoms with Crippen molar-refractivity contribution in [1.82, 2.24) is 0 Å². The van der Waals surface area contributed by atoms with Crippen LogP contribution in [0, 0.1) is 20.3 Å². The van der Waals surface area contributed by atoms with Crippen molar-refractivity contribution in [2.45, 2.75) is 0 Å². The molecule has 63 valence electrons. The third-order valence-electron chi connectivity index (χ3n) is 1.26. The van der Waals surface area contributed by atoms with Crippen molar-refractivity contribution in [3.63, 3.8) is 0 Å². The summed E-state index contributed by atoms with van der Waals surface area (Å²) in [6.07, 6.45) is 0. The second-order valence-corrected chi connectivity index (χ2v) is 3.37. The second-order valence-electron chi connectivity index (χ2n) is 2.13. The highest BCUT2D eigenvalue weighted by Gasteiger charge is 2.07. The van der Waals surface area contributed by atoms with Crippen LogP contribution in [0.25, 0.3) is 0 Å². The molecule has 0 spiro atoms. The number of benzene rings is 1. The van der Waals surface area contributed by atoms with Crippen molar-refractivity contribution in [1.29, 1.82) is 0 Å². The molecule has 0 aliphatic rings. The number of nitro benzene ring substituents is 1. The Morgan fingerprint density at radius 1 is 1.50 bits per heavy atom. The molecule has 0 bridgehead atoms. The van der Waals surface area contributed by atoms with Gasteiger partial charge in [0.2, 0.25) is 0 Å². The third-order valence-corrected chi connectivity index (χ3v) is 1.89. The molecule has 12 heavy (non-hydrogen) atoms. The Balaban J connectivity index is 3.15. The van der Waals surface area contributed by atoms with Gasteiger partial charge in [-0.15, -0.1) is 0 Å². The minimum Gasteiger partial charge on any atom is -0.385 e. The molecule has 4 nitrogen and oxygen atoms in total. The fourth-order valence-electron chi connectivity index (χ4n) is 0.776. The van der Waals surface area contributed by atoms with Gasteiger partial charge in [-0.25, -0.2) is 0 Å². The van der Waals surface area contributed by atoms with Crippen LogP contribution in [0.5, 0.6) is 0 Å². The Kier molecular flexibility index (Phi) is 2.99. The van der Waals surface area contributed by atoms with Crippen molar-refractivity contribution >= 4 is 28.3 Å². The number of nitrogens with zero attached hydrogens (tertiary/aromatic N) is 1. The van der Waals surface area contributed by atoms with Gasteiger partial charge < -0.3 is 5.11 Å². The number of non-ortho nitro benzene ring substituents is 1. The normalized spacial score (nSPS) is 9.83. The van der Waals surface area contributed by atoms with Gasteiger partial charge in [0.25, 0.3) is 5.69 Å². The van der Waals surface area contributed by atoms with E-state index in [1.54, 1.807) is 6.07 Å². The van der Waals surface area contributed by atoms with Crippen molar-refractivity contribution in [3.8, 4) is 0 Å². The van der Waals surface area contributed by atoms with Crippen LogP contribution in [0.2, 0.25) is 0 Å². The highest BCUT2D eigenvalue weighted by Crippen LogP contribution is 2.18. The molecule has 0 aliphatic heterocycles. The predicted octanol–water partition coefficient (Wildman–Crippen LogP) is 2.08. The van der Waals surface area contributed by atoms with E-state index in [9.17, 15) is 10.1 Å². The molecule has 0 amide bonds. The standard InChI is InChI=1S/C7H5INO3/c8-6-1-5(4-10)2-7(3-6)9(11)12/h1-4,10H.